The summed E-state index contributed by atoms with van der Waals surface area (Å²) in [4.78, 5) is 5.56. The van der Waals surface area contributed by atoms with Gasteiger partial charge in [-0.2, -0.15) is 26.3 Å². The molecule has 2 rings (SSSR count). The van der Waals surface area contributed by atoms with Crippen molar-refractivity contribution in [3.8, 4) is 0 Å². The van der Waals surface area contributed by atoms with Crippen molar-refractivity contribution in [2.45, 2.75) is 24.9 Å². The van der Waals surface area contributed by atoms with Gasteiger partial charge in [-0.15, -0.1) is 0 Å². The number of rotatable bonds is 4. The molecule has 10 heteroatoms. The van der Waals surface area contributed by atoms with Gasteiger partial charge in [0.1, 0.15) is 6.61 Å². The van der Waals surface area contributed by atoms with Gasteiger partial charge < -0.3 is 9.84 Å². The standard InChI is InChI=1S/C14H14F6N2O2/c1-2-22(11-21-7-8-24-11)10-5-3-9(4-6-10)12(15,16)13(17,23)14(18,19)20/h3-6,23H,2,7-8H2,1H3. The molecular formula is C14H14F6N2O2. The Bertz CT molecular complexity index is 613. The molecular weight excluding hydrogens is 342 g/mol. The van der Waals surface area contributed by atoms with Gasteiger partial charge in [-0.05, 0) is 19.1 Å². The highest BCUT2D eigenvalue weighted by atomic mass is 19.4. The Kier molecular flexibility index (Phi) is 4.71. The fourth-order valence-corrected chi connectivity index (χ4v) is 2.14. The number of halogens is 6. The molecule has 134 valence electrons. The third kappa shape index (κ3) is 3.02. The molecule has 24 heavy (non-hydrogen) atoms. The number of amidine groups is 1. The van der Waals surface area contributed by atoms with Crippen molar-refractivity contribution in [2.75, 3.05) is 24.6 Å². The van der Waals surface area contributed by atoms with Crippen LogP contribution in [0.2, 0.25) is 0 Å². The molecule has 0 saturated carbocycles. The molecule has 1 atom stereocenters. The van der Waals surface area contributed by atoms with E-state index in [9.17, 15) is 26.3 Å². The van der Waals surface area contributed by atoms with Gasteiger partial charge in [0.05, 0.1) is 6.54 Å². The zero-order valence-electron chi connectivity index (χ0n) is 12.4. The second kappa shape index (κ2) is 6.15. The SMILES string of the molecule is CCN(C1=NCCO1)c1ccc(C(F)(F)C(O)(F)C(F)(F)F)cc1. The number of aliphatic hydroxyl groups is 1. The van der Waals surface area contributed by atoms with E-state index in [1.807, 2.05) is 0 Å². The fourth-order valence-electron chi connectivity index (χ4n) is 2.14. The molecule has 1 aliphatic rings. The Morgan fingerprint density at radius 2 is 1.71 bits per heavy atom. The van der Waals surface area contributed by atoms with Crippen molar-refractivity contribution >= 4 is 11.7 Å². The van der Waals surface area contributed by atoms with Crippen LogP contribution in [0.4, 0.5) is 32.0 Å². The van der Waals surface area contributed by atoms with E-state index in [0.29, 0.717) is 37.5 Å². The summed E-state index contributed by atoms with van der Waals surface area (Å²) in [6.07, 6.45) is -6.14. The van der Waals surface area contributed by atoms with Crippen molar-refractivity contribution in [3.63, 3.8) is 0 Å². The Labute approximate surface area is 133 Å². The van der Waals surface area contributed by atoms with Gasteiger partial charge in [0.15, 0.2) is 0 Å². The minimum absolute atomic E-state index is 0.259. The number of ether oxygens (including phenoxy) is 1. The summed E-state index contributed by atoms with van der Waals surface area (Å²) in [6.45, 7) is 2.89. The molecule has 0 bridgehead atoms. The predicted octanol–water partition coefficient (Wildman–Crippen LogP) is 3.21. The molecule has 0 radical (unpaired) electrons. The minimum Gasteiger partial charge on any atom is -0.463 e. The maximum Gasteiger partial charge on any atom is 0.455 e. The largest absolute Gasteiger partial charge is 0.463 e. The first-order chi connectivity index (χ1) is 11.0. The van der Waals surface area contributed by atoms with Gasteiger partial charge in [-0.1, -0.05) is 12.1 Å². The van der Waals surface area contributed by atoms with E-state index in [0.717, 1.165) is 12.1 Å². The third-order valence-electron chi connectivity index (χ3n) is 3.45. The molecule has 1 aromatic rings. The van der Waals surface area contributed by atoms with Crippen LogP contribution in [0.1, 0.15) is 12.5 Å². The topological polar surface area (TPSA) is 45.1 Å². The minimum atomic E-state index is -6.14. The third-order valence-corrected chi connectivity index (χ3v) is 3.45. The van der Waals surface area contributed by atoms with Crippen LogP contribution in [-0.2, 0) is 10.7 Å². The van der Waals surface area contributed by atoms with Crippen molar-refractivity contribution < 1.29 is 36.2 Å². The van der Waals surface area contributed by atoms with Crippen LogP contribution in [0.5, 0.6) is 0 Å². The van der Waals surface area contributed by atoms with Gasteiger partial charge >= 0.3 is 18.0 Å². The molecule has 1 aliphatic heterocycles. The van der Waals surface area contributed by atoms with E-state index in [-0.39, 0.29) is 6.02 Å². The first-order valence-electron chi connectivity index (χ1n) is 6.93. The summed E-state index contributed by atoms with van der Waals surface area (Å²) in [7, 11) is 0. The smallest absolute Gasteiger partial charge is 0.455 e. The molecule has 0 saturated heterocycles. The lowest BCUT2D eigenvalue weighted by Gasteiger charge is -2.30. The lowest BCUT2D eigenvalue weighted by Crippen LogP contribution is -2.53. The number of aliphatic imine (C=N–C) groups is 1. The lowest BCUT2D eigenvalue weighted by atomic mass is 10.0. The number of anilines is 1. The highest BCUT2D eigenvalue weighted by Crippen LogP contribution is 2.49. The number of hydrogen-bond donors (Lipinski definition) is 1. The van der Waals surface area contributed by atoms with Crippen LogP contribution in [-0.4, -0.2) is 42.9 Å². The average Bonchev–Trinajstić information content (AvgIpc) is 3.01. The molecule has 0 spiro atoms. The summed E-state index contributed by atoms with van der Waals surface area (Å²) < 4.78 is 83.0. The van der Waals surface area contributed by atoms with Crippen molar-refractivity contribution in [1.82, 2.24) is 0 Å². The number of hydrogen-bond acceptors (Lipinski definition) is 4. The van der Waals surface area contributed by atoms with Gasteiger partial charge in [0.25, 0.3) is 6.02 Å². The van der Waals surface area contributed by atoms with E-state index in [1.54, 1.807) is 6.92 Å². The van der Waals surface area contributed by atoms with Gasteiger partial charge in [-0.25, -0.2) is 4.99 Å². The molecule has 1 aromatic carbocycles. The second-order valence-corrected chi connectivity index (χ2v) is 5.00. The molecule has 0 amide bonds. The van der Waals surface area contributed by atoms with Crippen LogP contribution < -0.4 is 4.90 Å². The first kappa shape index (κ1) is 18.4. The maximum absolute atomic E-state index is 13.7. The monoisotopic (exact) mass is 356 g/mol. The van der Waals surface area contributed by atoms with Crippen LogP contribution in [0.3, 0.4) is 0 Å². The molecule has 1 heterocycles. The molecule has 0 aliphatic carbocycles. The average molecular weight is 356 g/mol. The molecule has 4 nitrogen and oxygen atoms in total. The van der Waals surface area contributed by atoms with Crippen molar-refractivity contribution in [1.29, 1.82) is 0 Å². The molecule has 1 N–H and O–H groups in total. The zero-order valence-corrected chi connectivity index (χ0v) is 12.4. The fraction of sp³-hybridized carbons (Fsp3) is 0.500. The number of nitrogens with zero attached hydrogens (tertiary/aromatic N) is 2. The Morgan fingerprint density at radius 3 is 2.12 bits per heavy atom. The lowest BCUT2D eigenvalue weighted by molar-refractivity contribution is -0.390. The van der Waals surface area contributed by atoms with E-state index in [4.69, 9.17) is 9.84 Å². The highest BCUT2D eigenvalue weighted by molar-refractivity contribution is 5.92. The van der Waals surface area contributed by atoms with Crippen LogP contribution in [0.25, 0.3) is 0 Å². The van der Waals surface area contributed by atoms with Gasteiger partial charge in [0, 0.05) is 17.8 Å². The Hall–Kier alpha value is -1.97. The predicted molar refractivity (Wildman–Crippen MR) is 73.7 cm³/mol. The molecule has 1 unspecified atom stereocenters. The van der Waals surface area contributed by atoms with E-state index < -0.39 is 23.5 Å². The second-order valence-electron chi connectivity index (χ2n) is 5.00. The van der Waals surface area contributed by atoms with Crippen LogP contribution in [0, 0.1) is 0 Å². The zero-order chi connectivity index (χ0) is 18.2. The normalized spacial score (nSPS) is 17.9. The quantitative estimate of drug-likeness (QED) is 0.843. The summed E-state index contributed by atoms with van der Waals surface area (Å²) in [5, 5.41) is 8.64. The van der Waals surface area contributed by atoms with Gasteiger partial charge in [0.2, 0.25) is 0 Å². The Balaban J connectivity index is 2.31. The summed E-state index contributed by atoms with van der Waals surface area (Å²) >= 11 is 0. The van der Waals surface area contributed by atoms with Crippen molar-refractivity contribution in [2.24, 2.45) is 4.99 Å². The van der Waals surface area contributed by atoms with Crippen molar-refractivity contribution in [3.05, 3.63) is 29.8 Å². The first-order valence-corrected chi connectivity index (χ1v) is 6.93. The summed E-state index contributed by atoms with van der Waals surface area (Å²) in [5.41, 5.74) is -0.981. The summed E-state index contributed by atoms with van der Waals surface area (Å²) in [6, 6.07) is 3.63. The Morgan fingerprint density at radius 1 is 1.12 bits per heavy atom. The maximum atomic E-state index is 13.7. The highest BCUT2D eigenvalue weighted by Gasteiger charge is 2.71. The van der Waals surface area contributed by atoms with Crippen LogP contribution >= 0.6 is 0 Å². The van der Waals surface area contributed by atoms with Gasteiger partial charge in [-0.3, -0.25) is 4.90 Å². The van der Waals surface area contributed by atoms with Crippen LogP contribution in [0.15, 0.2) is 29.3 Å². The summed E-state index contributed by atoms with van der Waals surface area (Å²) in [5.74, 6) is -10.8. The number of benzene rings is 1. The molecule has 0 aromatic heterocycles. The van der Waals surface area contributed by atoms with E-state index >= 15 is 0 Å². The number of alkyl halides is 6. The van der Waals surface area contributed by atoms with E-state index in [1.165, 1.54) is 4.90 Å². The molecule has 0 fully saturated rings. The van der Waals surface area contributed by atoms with E-state index in [2.05, 4.69) is 4.99 Å².